The lowest BCUT2D eigenvalue weighted by atomic mass is 10.00. The van der Waals surface area contributed by atoms with E-state index in [1.807, 2.05) is 65.4 Å². The fourth-order valence-corrected chi connectivity index (χ4v) is 6.55. The Morgan fingerprint density at radius 1 is 0.977 bits per heavy atom. The predicted octanol–water partition coefficient (Wildman–Crippen LogP) is 6.05. The summed E-state index contributed by atoms with van der Waals surface area (Å²) in [7, 11) is 1.53. The van der Waals surface area contributed by atoms with Crippen LogP contribution in [-0.2, 0) is 11.3 Å². The van der Waals surface area contributed by atoms with Crippen molar-refractivity contribution in [3.8, 4) is 11.4 Å². The highest BCUT2D eigenvalue weighted by molar-refractivity contribution is 7.99. The van der Waals surface area contributed by atoms with E-state index in [9.17, 15) is 9.59 Å². The summed E-state index contributed by atoms with van der Waals surface area (Å²) in [6.45, 7) is 2.18. The van der Waals surface area contributed by atoms with Crippen molar-refractivity contribution in [3.05, 3.63) is 124 Å². The van der Waals surface area contributed by atoms with Gasteiger partial charge in [0, 0.05) is 12.1 Å². The molecule has 0 bridgehead atoms. The third-order valence-corrected chi connectivity index (χ3v) is 9.06. The number of nitrogens with one attached hydrogen (secondary N) is 1. The van der Waals surface area contributed by atoms with Crippen LogP contribution in [0.4, 0.5) is 0 Å². The third-order valence-electron chi connectivity index (χ3n) is 7.23. The lowest BCUT2D eigenvalue weighted by Crippen LogP contribution is -2.28. The molecule has 2 amide bonds. The fraction of sp³-hybridized carbons (Fsp3) is 0.182. The molecule has 3 heterocycles. The number of nitrogens with zero attached hydrogens (tertiary/aromatic N) is 5. The first-order valence-corrected chi connectivity index (χ1v) is 15.9. The minimum atomic E-state index is -0.287. The van der Waals surface area contributed by atoms with Gasteiger partial charge in [0.2, 0.25) is 0 Å². The summed E-state index contributed by atoms with van der Waals surface area (Å²) in [5.74, 6) is 0.721. The molecule has 222 valence electrons. The maximum absolute atomic E-state index is 13.7. The maximum atomic E-state index is 13.7. The molecule has 11 heteroatoms. The summed E-state index contributed by atoms with van der Waals surface area (Å²) in [5.41, 5.74) is 4.37. The monoisotopic (exact) mass is 622 g/mol. The summed E-state index contributed by atoms with van der Waals surface area (Å²) in [6, 6.07) is 28.8. The lowest BCUT2D eigenvalue weighted by molar-refractivity contribution is -0.130. The van der Waals surface area contributed by atoms with E-state index in [0.717, 1.165) is 27.4 Å². The van der Waals surface area contributed by atoms with Gasteiger partial charge in [-0.1, -0.05) is 78.0 Å². The molecule has 1 atom stereocenters. The van der Waals surface area contributed by atoms with Gasteiger partial charge in [-0.25, -0.2) is 5.01 Å². The Bertz CT molecular complexity index is 1790. The highest BCUT2D eigenvalue weighted by atomic mass is 32.2. The number of thiophene rings is 1. The standard InChI is InChI=1S/C33H30N6O3S2/c1-22-14-16-23(17-15-22)27-19-26(29-13-8-18-43-29)37-39(27)31(40)21-44-33-36-35-30(38(33)24-9-4-3-5-10-24)20-34-32(41)25-11-6-7-12-28(25)42-2/h3-18,27H,19-21H2,1-2H3,(H,34,41)/t27-/m0/s1. The molecule has 2 aromatic heterocycles. The zero-order valence-corrected chi connectivity index (χ0v) is 25.8. The Labute approximate surface area is 263 Å². The largest absolute Gasteiger partial charge is 0.496 e. The number of para-hydroxylation sites is 2. The predicted molar refractivity (Wildman–Crippen MR) is 172 cm³/mol. The summed E-state index contributed by atoms with van der Waals surface area (Å²) in [6.07, 6.45) is 0.649. The van der Waals surface area contributed by atoms with Gasteiger partial charge in [0.25, 0.3) is 11.8 Å². The van der Waals surface area contributed by atoms with E-state index in [0.29, 0.717) is 28.7 Å². The molecule has 0 saturated heterocycles. The van der Waals surface area contributed by atoms with Gasteiger partial charge >= 0.3 is 0 Å². The topological polar surface area (TPSA) is 102 Å². The summed E-state index contributed by atoms with van der Waals surface area (Å²) in [4.78, 5) is 27.8. The van der Waals surface area contributed by atoms with Crippen molar-refractivity contribution in [1.29, 1.82) is 0 Å². The fourth-order valence-electron chi connectivity index (χ4n) is 5.00. The van der Waals surface area contributed by atoms with E-state index < -0.39 is 0 Å². The minimum Gasteiger partial charge on any atom is -0.496 e. The summed E-state index contributed by atoms with van der Waals surface area (Å²) >= 11 is 2.91. The summed E-state index contributed by atoms with van der Waals surface area (Å²) in [5, 5.41) is 20.7. The Balaban J connectivity index is 1.22. The summed E-state index contributed by atoms with van der Waals surface area (Å²) < 4.78 is 7.20. The number of benzene rings is 3. The molecule has 0 radical (unpaired) electrons. The van der Waals surface area contributed by atoms with Gasteiger partial charge in [-0.2, -0.15) is 5.10 Å². The first kappa shape index (κ1) is 29.3. The van der Waals surface area contributed by atoms with Crippen LogP contribution in [0.5, 0.6) is 5.75 Å². The van der Waals surface area contributed by atoms with E-state index in [2.05, 4.69) is 39.8 Å². The molecule has 1 N–H and O–H groups in total. The van der Waals surface area contributed by atoms with E-state index in [4.69, 9.17) is 9.84 Å². The van der Waals surface area contributed by atoms with Crippen molar-refractivity contribution in [2.75, 3.05) is 12.9 Å². The normalized spacial score (nSPS) is 14.4. The zero-order valence-electron chi connectivity index (χ0n) is 24.2. The van der Waals surface area contributed by atoms with Crippen LogP contribution in [0.3, 0.4) is 0 Å². The number of ether oxygens (including phenoxy) is 1. The Morgan fingerprint density at radius 2 is 1.75 bits per heavy atom. The minimum absolute atomic E-state index is 0.113. The highest BCUT2D eigenvalue weighted by Gasteiger charge is 2.33. The number of hydrogen-bond donors (Lipinski definition) is 1. The van der Waals surface area contributed by atoms with E-state index in [-0.39, 0.29) is 30.2 Å². The van der Waals surface area contributed by atoms with Crippen LogP contribution in [-0.4, -0.2) is 50.2 Å². The molecule has 0 aliphatic carbocycles. The van der Waals surface area contributed by atoms with Gasteiger partial charge in [0.15, 0.2) is 11.0 Å². The number of hydrazone groups is 1. The Hall–Kier alpha value is -4.74. The number of rotatable bonds is 10. The maximum Gasteiger partial charge on any atom is 0.255 e. The van der Waals surface area contributed by atoms with E-state index in [1.165, 1.54) is 18.9 Å². The number of hydrogen-bond acceptors (Lipinski definition) is 8. The number of amides is 2. The first-order valence-electron chi connectivity index (χ1n) is 14.1. The smallest absolute Gasteiger partial charge is 0.255 e. The molecule has 44 heavy (non-hydrogen) atoms. The second-order valence-corrected chi connectivity index (χ2v) is 12.0. The average molecular weight is 623 g/mol. The molecule has 0 fully saturated rings. The lowest BCUT2D eigenvalue weighted by Gasteiger charge is -2.22. The molecule has 1 aliphatic heterocycles. The number of carbonyl (C=O) groups excluding carboxylic acids is 2. The number of aromatic nitrogens is 3. The molecule has 3 aromatic carbocycles. The van der Waals surface area contributed by atoms with Gasteiger partial charge in [0.05, 0.1) is 41.6 Å². The number of aryl methyl sites for hydroxylation is 1. The van der Waals surface area contributed by atoms with E-state index in [1.54, 1.807) is 34.5 Å². The Kier molecular flexibility index (Phi) is 8.85. The van der Waals surface area contributed by atoms with Crippen LogP contribution in [0, 0.1) is 6.92 Å². The van der Waals surface area contributed by atoms with Gasteiger partial charge < -0.3 is 10.1 Å². The second kappa shape index (κ2) is 13.3. The average Bonchev–Trinajstić information content (AvgIpc) is 3.83. The van der Waals surface area contributed by atoms with Crippen LogP contribution >= 0.6 is 23.1 Å². The van der Waals surface area contributed by atoms with Crippen molar-refractivity contribution in [1.82, 2.24) is 25.1 Å². The first-order chi connectivity index (χ1) is 21.5. The molecule has 0 saturated carbocycles. The quantitative estimate of drug-likeness (QED) is 0.191. The molecule has 9 nitrogen and oxygen atoms in total. The van der Waals surface area contributed by atoms with Crippen molar-refractivity contribution in [2.24, 2.45) is 5.10 Å². The molecular formula is C33H30N6O3S2. The molecule has 5 aromatic rings. The van der Waals surface area contributed by atoms with Crippen LogP contribution in [0.1, 0.15) is 44.6 Å². The van der Waals surface area contributed by atoms with E-state index >= 15 is 0 Å². The van der Waals surface area contributed by atoms with Crippen molar-refractivity contribution < 1.29 is 14.3 Å². The SMILES string of the molecule is COc1ccccc1C(=O)NCc1nnc(SCC(=O)N2N=C(c3cccs3)C[C@H]2c2ccc(C)cc2)n1-c1ccccc1. The van der Waals surface area contributed by atoms with Crippen LogP contribution < -0.4 is 10.1 Å². The van der Waals surface area contributed by atoms with Gasteiger partial charge in [-0.15, -0.1) is 21.5 Å². The molecule has 0 unspecified atom stereocenters. The van der Waals surface area contributed by atoms with Gasteiger partial charge in [-0.3, -0.25) is 14.2 Å². The molecule has 0 spiro atoms. The molecule has 6 rings (SSSR count). The highest BCUT2D eigenvalue weighted by Crippen LogP contribution is 2.35. The molecular weight excluding hydrogens is 593 g/mol. The van der Waals surface area contributed by atoms with Crippen LogP contribution in [0.15, 0.2) is 107 Å². The Morgan fingerprint density at radius 3 is 2.50 bits per heavy atom. The van der Waals surface area contributed by atoms with Crippen molar-refractivity contribution >= 4 is 40.6 Å². The number of carbonyl (C=O) groups is 2. The third kappa shape index (κ3) is 6.29. The van der Waals surface area contributed by atoms with Gasteiger partial charge in [-0.05, 0) is 48.2 Å². The van der Waals surface area contributed by atoms with Crippen molar-refractivity contribution in [3.63, 3.8) is 0 Å². The van der Waals surface area contributed by atoms with Crippen LogP contribution in [0.2, 0.25) is 0 Å². The number of thioether (sulfide) groups is 1. The van der Waals surface area contributed by atoms with Crippen LogP contribution in [0.25, 0.3) is 5.69 Å². The number of methoxy groups -OCH3 is 1. The van der Waals surface area contributed by atoms with Gasteiger partial charge in [0.1, 0.15) is 5.75 Å². The molecule has 1 aliphatic rings. The second-order valence-electron chi connectivity index (χ2n) is 10.1. The van der Waals surface area contributed by atoms with Crippen molar-refractivity contribution in [2.45, 2.75) is 31.1 Å². The zero-order chi connectivity index (χ0) is 30.5.